The number of benzene rings is 1. The van der Waals surface area contributed by atoms with Gasteiger partial charge in [-0.15, -0.1) is 0 Å². The molecule has 0 fully saturated rings. The molecular formula is C84H141N9O18. The quantitative estimate of drug-likeness (QED) is 0.0348. The summed E-state index contributed by atoms with van der Waals surface area (Å²) in [5, 5.41) is 5.67. The van der Waals surface area contributed by atoms with Crippen molar-refractivity contribution < 1.29 is 86.1 Å². The van der Waals surface area contributed by atoms with Gasteiger partial charge in [0.15, 0.2) is 5.78 Å². The molecule has 0 aromatic heterocycles. The fourth-order valence-electron chi connectivity index (χ4n) is 13.7. The summed E-state index contributed by atoms with van der Waals surface area (Å²) in [7, 11) is 11.9. The molecule has 2 N–H and O–H groups in total. The Bertz CT molecular complexity index is 3210. The molecular weight excluding hydrogens is 1420 g/mol. The smallest absolute Gasteiger partial charge is 0.409 e. The summed E-state index contributed by atoms with van der Waals surface area (Å²) >= 11 is 0. The number of nitrogens with one attached hydrogen (secondary N) is 2. The highest BCUT2D eigenvalue weighted by Gasteiger charge is 2.47. The average molecular weight is 1570 g/mol. The molecule has 1 rings (SSSR count). The topological polar surface area (TPSA) is 323 Å². The van der Waals surface area contributed by atoms with E-state index in [9.17, 15) is 52.7 Å². The Balaban J connectivity index is 3.58. The zero-order chi connectivity index (χ0) is 85.2. The maximum Gasteiger partial charge on any atom is 0.409 e. The zero-order valence-electron chi connectivity index (χ0n) is 72.3. The maximum atomic E-state index is 15.3. The molecule has 27 nitrogen and oxygen atoms in total. The third kappa shape index (κ3) is 32.9. The lowest BCUT2D eigenvalue weighted by molar-refractivity contribution is -0.164. The molecule has 0 saturated carbocycles. The molecule has 1 aromatic rings. The number of Topliss-reactive ketones (excluding diaryl/α,β-unsaturated/α-hetero) is 3. The first kappa shape index (κ1) is 101. The second-order valence-electron chi connectivity index (χ2n) is 32.5. The Morgan fingerprint density at radius 1 is 0.514 bits per heavy atom. The number of ketones is 3. The van der Waals surface area contributed by atoms with Crippen molar-refractivity contribution in [2.45, 2.75) is 257 Å². The van der Waals surface area contributed by atoms with E-state index in [0.29, 0.717) is 32.2 Å². The van der Waals surface area contributed by atoms with Crippen LogP contribution in [0.4, 0.5) is 4.79 Å². The van der Waals surface area contributed by atoms with Crippen molar-refractivity contribution in [1.29, 1.82) is 0 Å². The minimum absolute atomic E-state index is 0.0637. The van der Waals surface area contributed by atoms with Crippen LogP contribution in [0.2, 0.25) is 0 Å². The predicted molar refractivity (Wildman–Crippen MR) is 427 cm³/mol. The molecule has 9 amide bonds. The van der Waals surface area contributed by atoms with Gasteiger partial charge >= 0.3 is 18.0 Å². The Morgan fingerprint density at radius 2 is 1.04 bits per heavy atom. The van der Waals surface area contributed by atoms with Gasteiger partial charge in [-0.2, -0.15) is 0 Å². The van der Waals surface area contributed by atoms with Crippen LogP contribution >= 0.6 is 0 Å². The predicted octanol–water partition coefficient (Wildman–Crippen LogP) is 9.63. The van der Waals surface area contributed by atoms with E-state index in [1.54, 1.807) is 82.5 Å². The number of amides is 9. The number of likely N-dealkylation sites (N-methyl/N-ethyl adjacent to an activating group) is 6. The summed E-state index contributed by atoms with van der Waals surface area (Å²) in [5.74, 6) is -12.9. The van der Waals surface area contributed by atoms with Gasteiger partial charge < -0.3 is 63.9 Å². The number of rotatable bonds is 51. The molecule has 27 heteroatoms. The van der Waals surface area contributed by atoms with Crippen LogP contribution < -0.4 is 10.6 Å². The molecule has 0 heterocycles. The van der Waals surface area contributed by atoms with E-state index in [-0.39, 0.29) is 101 Å². The van der Waals surface area contributed by atoms with Crippen LogP contribution in [0.15, 0.2) is 42.5 Å². The van der Waals surface area contributed by atoms with Crippen molar-refractivity contribution in [3.63, 3.8) is 0 Å². The van der Waals surface area contributed by atoms with Crippen molar-refractivity contribution in [3.8, 4) is 0 Å². The summed E-state index contributed by atoms with van der Waals surface area (Å²) in [6.45, 7) is 33.4. The average Bonchev–Trinajstić information content (AvgIpc) is 0.795. The van der Waals surface area contributed by atoms with Crippen LogP contribution in [0, 0.1) is 65.1 Å². The third-order valence-electron chi connectivity index (χ3n) is 20.9. The lowest BCUT2D eigenvalue weighted by Crippen LogP contribution is -2.63. The maximum absolute atomic E-state index is 15.3. The minimum atomic E-state index is -1.56. The fraction of sp³-hybridized carbons (Fsp3) is 0.738. The number of methoxy groups -OCH3 is 1. The zero-order valence-corrected chi connectivity index (χ0v) is 72.3. The SMILES string of the molecule is C/C=C/C[C@@H](C)[C@@H](OC(C)=O)[C@@H](C(=O)N[C@@H](CC)C(=O)OCCN(C)C(C)=O)N(C)C(=O)[C@H](C(C)C)N(C)C(=O)[C@H](CC(C)C)N(C)C(=O)[C@H](CC(C)C)N(C)C(=O)[C@@H](C)CC(=O)[C@H](C)CC(=O)[C@H](CC(C)C)N(C)C(=O)[C@@H](NC(=O)[C@@H](CC(=O)[C@H](CC)CCCN(C)C(=O)OCc1ccccc1)[C@H](C)COC)C(C)C. The number of hydrogen-bond acceptors (Lipinski definition) is 18. The first-order chi connectivity index (χ1) is 51.8. The molecule has 0 radical (unpaired) electrons. The Hall–Kier alpha value is -8.10. The third-order valence-corrected chi connectivity index (χ3v) is 20.9. The van der Waals surface area contributed by atoms with Crippen LogP contribution in [-0.4, -0.2) is 248 Å². The lowest BCUT2D eigenvalue weighted by atomic mass is 9.83. The van der Waals surface area contributed by atoms with Crippen LogP contribution in [0.5, 0.6) is 0 Å². The van der Waals surface area contributed by atoms with Gasteiger partial charge in [0, 0.05) is 126 Å². The summed E-state index contributed by atoms with van der Waals surface area (Å²) in [6.07, 6.45) is 3.48. The molecule has 1 aromatic carbocycles. The molecule has 14 atom stereocenters. The van der Waals surface area contributed by atoms with Gasteiger partial charge in [-0.25, -0.2) is 9.59 Å². The van der Waals surface area contributed by atoms with Gasteiger partial charge in [0.05, 0.1) is 12.6 Å². The Labute approximate surface area is 663 Å². The van der Waals surface area contributed by atoms with E-state index < -0.39 is 167 Å². The molecule has 0 aliphatic carbocycles. The minimum Gasteiger partial charge on any atom is -0.462 e. The molecule has 0 spiro atoms. The van der Waals surface area contributed by atoms with Crippen LogP contribution in [0.3, 0.4) is 0 Å². The van der Waals surface area contributed by atoms with Crippen molar-refractivity contribution in [2.24, 2.45) is 65.1 Å². The van der Waals surface area contributed by atoms with Crippen molar-refractivity contribution >= 4 is 82.6 Å². The fourth-order valence-corrected chi connectivity index (χ4v) is 13.7. The summed E-state index contributed by atoms with van der Waals surface area (Å²) in [6, 6.07) is 0.781. The Kier molecular flexibility index (Phi) is 45.5. The van der Waals surface area contributed by atoms with Gasteiger partial charge in [0.1, 0.15) is 67.1 Å². The highest BCUT2D eigenvalue weighted by Crippen LogP contribution is 2.30. The molecule has 0 aliphatic rings. The van der Waals surface area contributed by atoms with Crippen LogP contribution in [0.25, 0.3) is 0 Å². The Morgan fingerprint density at radius 3 is 1.53 bits per heavy atom. The normalized spacial score (nSPS) is 15.4. The van der Waals surface area contributed by atoms with Crippen molar-refractivity contribution in [3.05, 3.63) is 48.0 Å². The molecule has 0 saturated heterocycles. The summed E-state index contributed by atoms with van der Waals surface area (Å²) in [4.78, 5) is 208. The number of esters is 2. The van der Waals surface area contributed by atoms with Crippen LogP contribution in [-0.2, 0) is 87.9 Å². The molecule has 630 valence electrons. The summed E-state index contributed by atoms with van der Waals surface area (Å²) < 4.78 is 22.3. The van der Waals surface area contributed by atoms with Crippen LogP contribution in [0.1, 0.15) is 208 Å². The van der Waals surface area contributed by atoms with E-state index in [4.69, 9.17) is 18.9 Å². The van der Waals surface area contributed by atoms with E-state index in [1.165, 1.54) is 85.6 Å². The number of hydrogen-bond donors (Lipinski definition) is 2. The van der Waals surface area contributed by atoms with Gasteiger partial charge in [-0.1, -0.05) is 153 Å². The van der Waals surface area contributed by atoms with E-state index in [0.717, 1.165) is 10.5 Å². The largest absolute Gasteiger partial charge is 0.462 e. The number of carbonyl (C=O) groups excluding carboxylic acids is 14. The van der Waals surface area contributed by atoms with E-state index in [1.807, 2.05) is 91.8 Å². The molecule has 111 heavy (non-hydrogen) atoms. The van der Waals surface area contributed by atoms with E-state index in [2.05, 4.69) is 10.6 Å². The first-order valence-corrected chi connectivity index (χ1v) is 39.9. The molecule has 0 bridgehead atoms. The van der Waals surface area contributed by atoms with Gasteiger partial charge in [0.2, 0.25) is 47.3 Å². The van der Waals surface area contributed by atoms with Crippen molar-refractivity contribution in [1.82, 2.24) is 44.9 Å². The van der Waals surface area contributed by atoms with E-state index >= 15 is 14.4 Å². The molecule has 0 unspecified atom stereocenters. The lowest BCUT2D eigenvalue weighted by Gasteiger charge is -2.42. The van der Waals surface area contributed by atoms with Crippen molar-refractivity contribution in [2.75, 3.05) is 82.7 Å². The highest BCUT2D eigenvalue weighted by molar-refractivity contribution is 5.99. The highest BCUT2D eigenvalue weighted by atomic mass is 16.6. The number of ether oxygens (including phenoxy) is 4. The van der Waals surface area contributed by atoms with Gasteiger partial charge in [0.25, 0.3) is 0 Å². The van der Waals surface area contributed by atoms with Gasteiger partial charge in [-0.3, -0.25) is 57.5 Å². The molecule has 0 aliphatic heterocycles. The second kappa shape index (κ2) is 50.1. The first-order valence-electron chi connectivity index (χ1n) is 39.9. The van der Waals surface area contributed by atoms with Gasteiger partial charge in [-0.05, 0) is 105 Å². The second-order valence-corrected chi connectivity index (χ2v) is 32.5. The summed E-state index contributed by atoms with van der Waals surface area (Å²) in [5.41, 5.74) is 0.857. The number of carbonyl (C=O) groups is 14. The number of nitrogens with zero attached hydrogens (tertiary/aromatic N) is 7. The monoisotopic (exact) mass is 1560 g/mol. The number of allylic oxidation sites excluding steroid dienone is 2. The standard InChI is InChI=1S/C84H141N9O18/c1-28-31-36-56(14)75(111-61(19)95)74(77(100)85-65(30-3)83(106)109-42-41-87(20)60(18)94)93(26)82(105)73(55(12)13)92(25)80(103)68(45-53(8)9)91(24)79(102)67(44-52(6)7)90(23)78(101)58(16)47-69(96)57(15)46-71(98)66(43-51(4)5)89(22)81(104)72(54(10)11)86-76(99)64(59(17)49-108-27)48-70(97)63(29-2)39-35-40-88(21)84(107)110-50-62-37-33-32-34-38-62/h28,31-34,37-38,51-59,63-68,72-75H,29-30,35-36,39-50H2,1-27H3,(H,85,100)(H,86,99)/b31-28+/t56-,57-,58+,59-,63-,64+,65+,66+,67+,68+,72+,73+,74+,75-/m1/s1.